The lowest BCUT2D eigenvalue weighted by atomic mass is 9.80. The van der Waals surface area contributed by atoms with Gasteiger partial charge in [-0.15, -0.1) is 0 Å². The number of carbonyl (C=O) groups excluding carboxylic acids is 2. The van der Waals surface area contributed by atoms with E-state index in [1.165, 1.54) is 31.4 Å². The van der Waals surface area contributed by atoms with E-state index in [-0.39, 0.29) is 58.3 Å². The van der Waals surface area contributed by atoms with Crippen molar-refractivity contribution >= 4 is 34.3 Å². The second kappa shape index (κ2) is 10.1. The maximum Gasteiger partial charge on any atom is 0.251 e. The number of aliphatic hydroxyl groups is 1. The SMILES string of the molecule is COc1cc(C(=O)NCC(O)(c2cc3c(c(-c4cc(Cl)ccc4F)n2)OC[C@]3(C)C(N)=O)C2(F)CC2)cc2cn(C3CC3)nc12. The standard InChI is InChI=1S/C32H30ClF2N5O5/c1-30(29(36)42)15-45-27-21(30)12-24(38-26(27)20-11-18(33)3-6-22(20)34)32(43,31(35)7-8-31)14-37-28(41)16-9-17-13-40(19-4-5-19)39-25(17)23(10-16)44-2/h3,6,9-13,19,43H,4-5,7-8,14-15H2,1-2H3,(H2,36,42)(H,37,41)/t30-,32?/m0/s1. The summed E-state index contributed by atoms with van der Waals surface area (Å²) < 4.78 is 44.5. The number of methoxy groups -OCH3 is 1. The quantitative estimate of drug-likeness (QED) is 0.246. The first-order chi connectivity index (χ1) is 21.4. The molecule has 1 unspecified atom stereocenters. The molecule has 45 heavy (non-hydrogen) atoms. The number of ether oxygens (including phenoxy) is 2. The summed E-state index contributed by atoms with van der Waals surface area (Å²) in [7, 11) is 1.48. The Hall–Kier alpha value is -4.29. The number of rotatable bonds is 9. The van der Waals surface area contributed by atoms with Crippen molar-refractivity contribution in [2.45, 2.75) is 55.3 Å². The molecule has 2 fully saturated rings. The van der Waals surface area contributed by atoms with Crippen molar-refractivity contribution in [3.63, 3.8) is 0 Å². The van der Waals surface area contributed by atoms with E-state index in [0.29, 0.717) is 22.7 Å². The van der Waals surface area contributed by atoms with Crippen molar-refractivity contribution in [1.82, 2.24) is 20.1 Å². The topological polar surface area (TPSA) is 142 Å². The van der Waals surface area contributed by atoms with Crippen molar-refractivity contribution in [2.24, 2.45) is 5.73 Å². The molecule has 10 nitrogen and oxygen atoms in total. The summed E-state index contributed by atoms with van der Waals surface area (Å²) in [6, 6.07) is 8.69. The summed E-state index contributed by atoms with van der Waals surface area (Å²) in [5.74, 6) is -1.55. The second-order valence-corrected chi connectivity index (χ2v) is 12.7. The average molecular weight is 638 g/mol. The molecule has 0 bridgehead atoms. The number of hydrogen-bond acceptors (Lipinski definition) is 7. The number of nitrogens with zero attached hydrogens (tertiary/aromatic N) is 3. The number of benzene rings is 2. The minimum Gasteiger partial charge on any atom is -0.494 e. The summed E-state index contributed by atoms with van der Waals surface area (Å²) in [4.78, 5) is 30.6. The van der Waals surface area contributed by atoms with Gasteiger partial charge >= 0.3 is 0 Å². The van der Waals surface area contributed by atoms with E-state index >= 15 is 8.78 Å². The molecule has 4 aromatic rings. The highest BCUT2D eigenvalue weighted by Crippen LogP contribution is 2.55. The van der Waals surface area contributed by atoms with Gasteiger partial charge in [-0.25, -0.2) is 13.8 Å². The number of halogens is 3. The van der Waals surface area contributed by atoms with Gasteiger partial charge in [-0.05, 0) is 69.0 Å². The molecule has 13 heteroatoms. The van der Waals surface area contributed by atoms with Crippen LogP contribution in [0.4, 0.5) is 8.78 Å². The Morgan fingerprint density at radius 1 is 1.27 bits per heavy atom. The van der Waals surface area contributed by atoms with Crippen LogP contribution in [-0.2, 0) is 15.8 Å². The van der Waals surface area contributed by atoms with E-state index in [2.05, 4.69) is 15.4 Å². The van der Waals surface area contributed by atoms with Crippen molar-refractivity contribution in [1.29, 1.82) is 0 Å². The number of carbonyl (C=O) groups is 2. The number of aromatic nitrogens is 3. The summed E-state index contributed by atoms with van der Waals surface area (Å²) in [6.07, 6.45) is 3.89. The molecule has 2 aliphatic carbocycles. The van der Waals surface area contributed by atoms with Gasteiger partial charge in [-0.1, -0.05) is 11.6 Å². The number of alkyl halides is 1. The Labute approximate surface area is 261 Å². The largest absolute Gasteiger partial charge is 0.494 e. The van der Waals surface area contributed by atoms with Gasteiger partial charge in [-0.2, -0.15) is 5.10 Å². The van der Waals surface area contributed by atoms with Gasteiger partial charge in [-0.3, -0.25) is 14.3 Å². The lowest BCUT2D eigenvalue weighted by Crippen LogP contribution is -2.49. The predicted molar refractivity (Wildman–Crippen MR) is 161 cm³/mol. The molecule has 234 valence electrons. The molecule has 2 aromatic carbocycles. The third-order valence-corrected chi connectivity index (χ3v) is 9.39. The maximum atomic E-state index is 16.2. The van der Waals surface area contributed by atoms with E-state index in [1.807, 2.05) is 10.9 Å². The number of nitrogens with two attached hydrogens (primary N) is 1. The molecule has 4 N–H and O–H groups in total. The van der Waals surface area contributed by atoms with Gasteiger partial charge in [0.25, 0.3) is 5.91 Å². The van der Waals surface area contributed by atoms with E-state index in [9.17, 15) is 14.7 Å². The fourth-order valence-electron chi connectivity index (χ4n) is 5.91. The van der Waals surface area contributed by atoms with E-state index in [4.69, 9.17) is 26.8 Å². The lowest BCUT2D eigenvalue weighted by molar-refractivity contribution is -0.123. The van der Waals surface area contributed by atoms with Crippen LogP contribution in [0, 0.1) is 5.82 Å². The zero-order valence-corrected chi connectivity index (χ0v) is 25.3. The lowest BCUT2D eigenvalue weighted by Gasteiger charge is -2.33. The van der Waals surface area contributed by atoms with Crippen LogP contribution < -0.4 is 20.5 Å². The predicted octanol–water partition coefficient (Wildman–Crippen LogP) is 4.49. The summed E-state index contributed by atoms with van der Waals surface area (Å²) in [5.41, 5.74) is 0.514. The molecular formula is C32H30ClF2N5O5. The summed E-state index contributed by atoms with van der Waals surface area (Å²) in [6.45, 7) is 0.790. The molecule has 2 amide bonds. The highest BCUT2D eigenvalue weighted by Gasteiger charge is 2.62. The highest BCUT2D eigenvalue weighted by atomic mass is 35.5. The second-order valence-electron chi connectivity index (χ2n) is 12.3. The van der Waals surface area contributed by atoms with Crippen LogP contribution in [0.2, 0.25) is 5.02 Å². The van der Waals surface area contributed by atoms with Gasteiger partial charge < -0.3 is 25.6 Å². The van der Waals surface area contributed by atoms with Crippen molar-refractivity contribution < 1.29 is 33.0 Å². The Bertz CT molecular complexity index is 1910. The molecule has 7 rings (SSSR count). The Balaban J connectivity index is 1.29. The molecule has 0 spiro atoms. The molecule has 2 aromatic heterocycles. The van der Waals surface area contributed by atoms with E-state index in [1.54, 1.807) is 13.0 Å². The van der Waals surface area contributed by atoms with Crippen LogP contribution in [0.5, 0.6) is 11.5 Å². The molecular weight excluding hydrogens is 608 g/mol. The number of primary amides is 1. The maximum absolute atomic E-state index is 16.2. The molecule has 2 atom stereocenters. The fraction of sp³-hybridized carbons (Fsp3) is 0.375. The zero-order chi connectivity index (χ0) is 31.9. The third-order valence-electron chi connectivity index (χ3n) is 9.15. The fourth-order valence-corrected chi connectivity index (χ4v) is 6.08. The van der Waals surface area contributed by atoms with Crippen LogP contribution in [0.25, 0.3) is 22.2 Å². The highest BCUT2D eigenvalue weighted by molar-refractivity contribution is 6.30. The Morgan fingerprint density at radius 2 is 2.02 bits per heavy atom. The molecule has 0 saturated heterocycles. The van der Waals surface area contributed by atoms with Crippen LogP contribution in [-0.4, -0.2) is 57.6 Å². The number of nitrogens with one attached hydrogen (secondary N) is 1. The first-order valence-corrected chi connectivity index (χ1v) is 15.0. The average Bonchev–Trinajstić information content (AvgIpc) is 3.94. The third kappa shape index (κ3) is 4.69. The molecule has 0 radical (unpaired) electrons. The normalized spacial score (nSPS) is 21.1. The summed E-state index contributed by atoms with van der Waals surface area (Å²) >= 11 is 6.18. The summed E-state index contributed by atoms with van der Waals surface area (Å²) in [5, 5.41) is 20.2. The Kier molecular flexibility index (Phi) is 6.61. The number of hydrogen-bond donors (Lipinski definition) is 3. The van der Waals surface area contributed by atoms with E-state index < -0.39 is 40.9 Å². The number of pyridine rings is 1. The van der Waals surface area contributed by atoms with Gasteiger partial charge in [0.2, 0.25) is 5.91 Å². The van der Waals surface area contributed by atoms with Gasteiger partial charge in [0.1, 0.15) is 46.2 Å². The van der Waals surface area contributed by atoms with Crippen LogP contribution >= 0.6 is 11.6 Å². The first-order valence-electron chi connectivity index (χ1n) is 14.6. The Morgan fingerprint density at radius 3 is 2.69 bits per heavy atom. The van der Waals surface area contributed by atoms with Crippen molar-refractivity contribution in [3.8, 4) is 22.8 Å². The van der Waals surface area contributed by atoms with Gasteiger partial charge in [0, 0.05) is 33.3 Å². The van der Waals surface area contributed by atoms with E-state index in [0.717, 1.165) is 18.9 Å². The molecule has 3 aliphatic rings. The minimum atomic E-state index is -2.37. The molecule has 2 saturated carbocycles. The van der Waals surface area contributed by atoms with Gasteiger partial charge in [0.15, 0.2) is 5.60 Å². The molecule has 1 aliphatic heterocycles. The molecule has 3 heterocycles. The van der Waals surface area contributed by atoms with Crippen LogP contribution in [0.1, 0.15) is 60.3 Å². The van der Waals surface area contributed by atoms with Crippen molar-refractivity contribution in [2.75, 3.05) is 20.3 Å². The monoisotopic (exact) mass is 637 g/mol. The minimum absolute atomic E-state index is 0.0112. The number of amides is 2. The van der Waals surface area contributed by atoms with Crippen molar-refractivity contribution in [3.05, 3.63) is 70.3 Å². The smallest absolute Gasteiger partial charge is 0.251 e. The van der Waals surface area contributed by atoms with Crippen LogP contribution in [0.3, 0.4) is 0 Å². The first kappa shape index (κ1) is 29.4. The van der Waals surface area contributed by atoms with Gasteiger partial charge in [0.05, 0.1) is 25.4 Å². The number of fused-ring (bicyclic) bond motifs is 2. The zero-order valence-electron chi connectivity index (χ0n) is 24.5. The van der Waals surface area contributed by atoms with Crippen LogP contribution in [0.15, 0.2) is 42.6 Å².